The van der Waals surface area contributed by atoms with Gasteiger partial charge in [-0.15, -0.1) is 0 Å². The Hall–Kier alpha value is -0.0800. The third-order valence-electron chi connectivity index (χ3n) is 2.16. The molecule has 1 aliphatic carbocycles. The summed E-state index contributed by atoms with van der Waals surface area (Å²) in [5.41, 5.74) is 0. The van der Waals surface area contributed by atoms with E-state index < -0.39 is 0 Å². The predicted molar refractivity (Wildman–Crippen MR) is 35.2 cm³/mol. The molecule has 0 aromatic carbocycles. The van der Waals surface area contributed by atoms with Crippen LogP contribution in [0.2, 0.25) is 0 Å². The van der Waals surface area contributed by atoms with Gasteiger partial charge in [-0.1, -0.05) is 6.42 Å². The first-order valence-electron chi connectivity index (χ1n) is 3.52. The highest BCUT2D eigenvalue weighted by molar-refractivity contribution is 4.77. The Morgan fingerprint density at radius 2 is 2.33 bits per heavy atom. The van der Waals surface area contributed by atoms with Gasteiger partial charge >= 0.3 is 0 Å². The van der Waals surface area contributed by atoms with Gasteiger partial charge < -0.3 is 9.84 Å². The van der Waals surface area contributed by atoms with Crippen LogP contribution in [0.25, 0.3) is 0 Å². The molecule has 54 valence electrons. The van der Waals surface area contributed by atoms with Gasteiger partial charge in [0.25, 0.3) is 0 Å². The topological polar surface area (TPSA) is 29.5 Å². The predicted octanol–water partition coefficient (Wildman–Crippen LogP) is 0.794. The second kappa shape index (κ2) is 3.18. The monoisotopic (exact) mass is 130 g/mol. The molecule has 1 aliphatic rings. The Kier molecular flexibility index (Phi) is 2.49. The summed E-state index contributed by atoms with van der Waals surface area (Å²) in [5.74, 6) is 0.639. The second-order valence-electron chi connectivity index (χ2n) is 2.65. The quantitative estimate of drug-likeness (QED) is 0.612. The molecule has 0 radical (unpaired) electrons. The minimum absolute atomic E-state index is 0.110. The lowest BCUT2D eigenvalue weighted by atomic mass is 9.81. The summed E-state index contributed by atoms with van der Waals surface area (Å²) in [7, 11) is 1.67. The minimum Gasteiger partial charge on any atom is -0.394 e. The van der Waals surface area contributed by atoms with Crippen LogP contribution in [-0.2, 0) is 4.74 Å². The highest BCUT2D eigenvalue weighted by Crippen LogP contribution is 2.30. The SMILES string of the molecule is CO[C@H](CO)C1CCC1. The van der Waals surface area contributed by atoms with Crippen molar-refractivity contribution < 1.29 is 9.84 Å². The summed E-state index contributed by atoms with van der Waals surface area (Å²) < 4.78 is 5.05. The molecule has 1 saturated carbocycles. The average molecular weight is 130 g/mol. The summed E-state index contributed by atoms with van der Waals surface area (Å²) in [6, 6.07) is 0. The molecule has 0 spiro atoms. The number of rotatable bonds is 3. The summed E-state index contributed by atoms with van der Waals surface area (Å²) in [6.45, 7) is 0.182. The molecule has 0 saturated heterocycles. The third kappa shape index (κ3) is 1.43. The second-order valence-corrected chi connectivity index (χ2v) is 2.65. The maximum atomic E-state index is 8.74. The van der Waals surface area contributed by atoms with Gasteiger partial charge in [-0.05, 0) is 18.8 Å². The normalized spacial score (nSPS) is 23.3. The van der Waals surface area contributed by atoms with Crippen LogP contribution in [0.4, 0.5) is 0 Å². The molecule has 0 aromatic heterocycles. The fraction of sp³-hybridized carbons (Fsp3) is 1.00. The smallest absolute Gasteiger partial charge is 0.0830 e. The molecule has 1 N–H and O–H groups in total. The van der Waals surface area contributed by atoms with Gasteiger partial charge in [-0.25, -0.2) is 0 Å². The van der Waals surface area contributed by atoms with Crippen molar-refractivity contribution in [1.82, 2.24) is 0 Å². The van der Waals surface area contributed by atoms with Crippen molar-refractivity contribution in [3.8, 4) is 0 Å². The van der Waals surface area contributed by atoms with Crippen LogP contribution < -0.4 is 0 Å². The van der Waals surface area contributed by atoms with E-state index in [0.717, 1.165) is 0 Å². The maximum absolute atomic E-state index is 8.74. The zero-order chi connectivity index (χ0) is 6.69. The fourth-order valence-corrected chi connectivity index (χ4v) is 1.23. The van der Waals surface area contributed by atoms with Gasteiger partial charge in [0.05, 0.1) is 12.7 Å². The Morgan fingerprint density at radius 1 is 1.67 bits per heavy atom. The molecule has 9 heavy (non-hydrogen) atoms. The van der Waals surface area contributed by atoms with Crippen molar-refractivity contribution in [3.05, 3.63) is 0 Å². The van der Waals surface area contributed by atoms with Crippen molar-refractivity contribution in [2.75, 3.05) is 13.7 Å². The molecule has 0 aromatic rings. The molecule has 2 nitrogen and oxygen atoms in total. The Labute approximate surface area is 55.8 Å². The molecule has 1 atom stereocenters. The zero-order valence-corrected chi connectivity index (χ0v) is 5.84. The van der Waals surface area contributed by atoms with Crippen LogP contribution in [0.1, 0.15) is 19.3 Å². The Balaban J connectivity index is 2.19. The number of aliphatic hydroxyl groups excluding tert-OH is 1. The summed E-state index contributed by atoms with van der Waals surface area (Å²) >= 11 is 0. The van der Waals surface area contributed by atoms with Crippen molar-refractivity contribution in [2.45, 2.75) is 25.4 Å². The van der Waals surface area contributed by atoms with E-state index in [4.69, 9.17) is 9.84 Å². The molecule has 0 unspecified atom stereocenters. The standard InChI is InChI=1S/C7H14O2/c1-9-7(5-8)6-3-2-4-6/h6-8H,2-5H2,1H3/t7-/m1/s1. The van der Waals surface area contributed by atoms with Gasteiger partial charge in [0.1, 0.15) is 0 Å². The lowest BCUT2D eigenvalue weighted by Crippen LogP contribution is -2.31. The fourth-order valence-electron chi connectivity index (χ4n) is 1.23. The van der Waals surface area contributed by atoms with E-state index in [-0.39, 0.29) is 12.7 Å². The number of ether oxygens (including phenoxy) is 1. The van der Waals surface area contributed by atoms with Crippen LogP contribution >= 0.6 is 0 Å². The molecule has 1 fully saturated rings. The zero-order valence-electron chi connectivity index (χ0n) is 5.84. The van der Waals surface area contributed by atoms with Crippen molar-refractivity contribution in [1.29, 1.82) is 0 Å². The first kappa shape index (κ1) is 7.03. The maximum Gasteiger partial charge on any atom is 0.0830 e. The first-order valence-corrected chi connectivity index (χ1v) is 3.52. The Morgan fingerprint density at radius 3 is 2.44 bits per heavy atom. The molecular weight excluding hydrogens is 116 g/mol. The van der Waals surface area contributed by atoms with E-state index in [1.807, 2.05) is 0 Å². The lowest BCUT2D eigenvalue weighted by Gasteiger charge is -2.31. The summed E-state index contributed by atoms with van der Waals surface area (Å²) in [5, 5.41) is 8.74. The first-order chi connectivity index (χ1) is 4.38. The third-order valence-corrected chi connectivity index (χ3v) is 2.16. The molecule has 1 rings (SSSR count). The number of aliphatic hydroxyl groups is 1. The van der Waals surface area contributed by atoms with E-state index in [1.54, 1.807) is 7.11 Å². The van der Waals surface area contributed by atoms with Crippen LogP contribution in [-0.4, -0.2) is 24.9 Å². The van der Waals surface area contributed by atoms with Crippen LogP contribution in [0.5, 0.6) is 0 Å². The number of methoxy groups -OCH3 is 1. The van der Waals surface area contributed by atoms with Crippen LogP contribution in [0.3, 0.4) is 0 Å². The van der Waals surface area contributed by atoms with Gasteiger partial charge in [-0.2, -0.15) is 0 Å². The van der Waals surface area contributed by atoms with Crippen LogP contribution in [0, 0.1) is 5.92 Å². The lowest BCUT2D eigenvalue weighted by molar-refractivity contribution is -0.0177. The van der Waals surface area contributed by atoms with Gasteiger partial charge in [0.15, 0.2) is 0 Å². The molecule has 0 heterocycles. The van der Waals surface area contributed by atoms with E-state index in [0.29, 0.717) is 5.92 Å². The average Bonchev–Trinajstić information content (AvgIpc) is 1.78. The minimum atomic E-state index is 0.110. The van der Waals surface area contributed by atoms with Crippen molar-refractivity contribution in [2.24, 2.45) is 5.92 Å². The molecule has 0 bridgehead atoms. The van der Waals surface area contributed by atoms with Crippen molar-refractivity contribution >= 4 is 0 Å². The van der Waals surface area contributed by atoms with E-state index in [2.05, 4.69) is 0 Å². The molecule has 0 amide bonds. The largest absolute Gasteiger partial charge is 0.394 e. The highest BCUT2D eigenvalue weighted by atomic mass is 16.5. The van der Waals surface area contributed by atoms with E-state index in [9.17, 15) is 0 Å². The highest BCUT2D eigenvalue weighted by Gasteiger charge is 2.26. The van der Waals surface area contributed by atoms with Crippen LogP contribution in [0.15, 0.2) is 0 Å². The summed E-state index contributed by atoms with van der Waals surface area (Å²) in [4.78, 5) is 0. The molecule has 2 heteroatoms. The summed E-state index contributed by atoms with van der Waals surface area (Å²) in [6.07, 6.45) is 3.89. The van der Waals surface area contributed by atoms with E-state index >= 15 is 0 Å². The van der Waals surface area contributed by atoms with Crippen molar-refractivity contribution in [3.63, 3.8) is 0 Å². The van der Waals surface area contributed by atoms with Gasteiger partial charge in [0, 0.05) is 7.11 Å². The van der Waals surface area contributed by atoms with Gasteiger partial charge in [0.2, 0.25) is 0 Å². The Bertz CT molecular complexity index is 75.0. The van der Waals surface area contributed by atoms with E-state index in [1.165, 1.54) is 19.3 Å². The number of hydrogen-bond acceptors (Lipinski definition) is 2. The van der Waals surface area contributed by atoms with Gasteiger partial charge in [-0.3, -0.25) is 0 Å². The molecule has 0 aliphatic heterocycles. The number of hydrogen-bond donors (Lipinski definition) is 1. The molecular formula is C7H14O2.